The Hall–Kier alpha value is -3.60. The highest BCUT2D eigenvalue weighted by molar-refractivity contribution is 5.86. The SMILES string of the molecule is COc1ccc(C2(C#Cc3cnc(NC(C)=O)nc3)CCC(C(=O)O)CC2)cc1OC1CCCC1. The van der Waals surface area contributed by atoms with E-state index >= 15 is 0 Å². The summed E-state index contributed by atoms with van der Waals surface area (Å²) in [7, 11) is 1.63. The maximum atomic E-state index is 11.6. The molecule has 184 valence electrons. The fourth-order valence-electron chi connectivity index (χ4n) is 4.90. The topological polar surface area (TPSA) is 111 Å². The molecule has 2 aliphatic rings. The van der Waals surface area contributed by atoms with Crippen molar-refractivity contribution in [1.29, 1.82) is 0 Å². The van der Waals surface area contributed by atoms with Crippen molar-refractivity contribution in [2.45, 2.75) is 69.8 Å². The van der Waals surface area contributed by atoms with Crippen LogP contribution < -0.4 is 14.8 Å². The fraction of sp³-hybridized carbons (Fsp3) is 0.481. The Labute approximate surface area is 205 Å². The molecular weight excluding hydrogens is 446 g/mol. The first-order valence-electron chi connectivity index (χ1n) is 12.1. The van der Waals surface area contributed by atoms with E-state index in [1.54, 1.807) is 19.5 Å². The van der Waals surface area contributed by atoms with E-state index in [9.17, 15) is 14.7 Å². The van der Waals surface area contributed by atoms with Gasteiger partial charge in [0.2, 0.25) is 11.9 Å². The van der Waals surface area contributed by atoms with Gasteiger partial charge < -0.3 is 14.6 Å². The number of amides is 1. The number of methoxy groups -OCH3 is 1. The Bertz CT molecular complexity index is 1120. The van der Waals surface area contributed by atoms with Crippen molar-refractivity contribution in [2.24, 2.45) is 5.92 Å². The van der Waals surface area contributed by atoms with Gasteiger partial charge in [-0.05, 0) is 69.1 Å². The van der Waals surface area contributed by atoms with Gasteiger partial charge in [-0.15, -0.1) is 0 Å². The number of anilines is 1. The minimum Gasteiger partial charge on any atom is -0.493 e. The van der Waals surface area contributed by atoms with Gasteiger partial charge in [0.1, 0.15) is 0 Å². The van der Waals surface area contributed by atoms with Crippen molar-refractivity contribution in [3.63, 3.8) is 0 Å². The Kier molecular flexibility index (Phi) is 7.54. The second-order valence-corrected chi connectivity index (χ2v) is 9.31. The number of ether oxygens (including phenoxy) is 2. The molecule has 1 aromatic carbocycles. The van der Waals surface area contributed by atoms with Gasteiger partial charge in [-0.3, -0.25) is 14.9 Å². The van der Waals surface area contributed by atoms with E-state index in [0.717, 1.165) is 18.4 Å². The lowest BCUT2D eigenvalue weighted by molar-refractivity contribution is -0.143. The summed E-state index contributed by atoms with van der Waals surface area (Å²) < 4.78 is 11.9. The van der Waals surface area contributed by atoms with E-state index in [0.29, 0.717) is 42.7 Å². The van der Waals surface area contributed by atoms with Crippen molar-refractivity contribution in [1.82, 2.24) is 9.97 Å². The lowest BCUT2D eigenvalue weighted by Crippen LogP contribution is -2.33. The molecule has 0 bridgehead atoms. The monoisotopic (exact) mass is 477 g/mol. The van der Waals surface area contributed by atoms with E-state index < -0.39 is 11.4 Å². The van der Waals surface area contributed by atoms with Crippen molar-refractivity contribution < 1.29 is 24.2 Å². The molecule has 4 rings (SSSR count). The Morgan fingerprint density at radius 3 is 2.37 bits per heavy atom. The molecule has 2 aliphatic carbocycles. The van der Waals surface area contributed by atoms with Gasteiger partial charge in [-0.25, -0.2) is 9.97 Å². The zero-order valence-electron chi connectivity index (χ0n) is 20.2. The minimum atomic E-state index is -0.756. The first-order chi connectivity index (χ1) is 16.9. The first kappa shape index (κ1) is 24.5. The summed E-state index contributed by atoms with van der Waals surface area (Å²) >= 11 is 0. The Morgan fingerprint density at radius 1 is 1.09 bits per heavy atom. The van der Waals surface area contributed by atoms with Crippen molar-refractivity contribution >= 4 is 17.8 Å². The Morgan fingerprint density at radius 2 is 1.77 bits per heavy atom. The summed E-state index contributed by atoms with van der Waals surface area (Å²) in [5, 5.41) is 12.1. The number of benzene rings is 1. The maximum absolute atomic E-state index is 11.6. The third-order valence-electron chi connectivity index (χ3n) is 6.89. The molecule has 2 saturated carbocycles. The van der Waals surface area contributed by atoms with Gasteiger partial charge >= 0.3 is 5.97 Å². The number of carboxylic acid groups (broad SMARTS) is 1. The fourth-order valence-corrected chi connectivity index (χ4v) is 4.90. The smallest absolute Gasteiger partial charge is 0.306 e. The molecule has 1 aromatic heterocycles. The summed E-state index contributed by atoms with van der Waals surface area (Å²) in [6, 6.07) is 5.94. The van der Waals surface area contributed by atoms with E-state index in [4.69, 9.17) is 9.47 Å². The van der Waals surface area contributed by atoms with Crippen molar-refractivity contribution in [3.8, 4) is 23.3 Å². The van der Waals surface area contributed by atoms with E-state index in [-0.39, 0.29) is 23.9 Å². The van der Waals surface area contributed by atoms with Gasteiger partial charge in [0.25, 0.3) is 0 Å². The van der Waals surface area contributed by atoms with Gasteiger partial charge in [-0.2, -0.15) is 0 Å². The number of carbonyl (C=O) groups is 2. The van der Waals surface area contributed by atoms with E-state index in [1.807, 2.05) is 18.2 Å². The summed E-state index contributed by atoms with van der Waals surface area (Å²) in [5.74, 6) is 6.89. The maximum Gasteiger partial charge on any atom is 0.306 e. The molecule has 1 heterocycles. The molecular formula is C27H31N3O5. The molecule has 8 heteroatoms. The number of aromatic nitrogens is 2. The summed E-state index contributed by atoms with van der Waals surface area (Å²) in [4.78, 5) is 31.1. The van der Waals surface area contributed by atoms with Gasteiger partial charge in [-0.1, -0.05) is 17.9 Å². The number of nitrogens with one attached hydrogen (secondary N) is 1. The first-order valence-corrected chi connectivity index (χ1v) is 12.1. The average Bonchev–Trinajstić information content (AvgIpc) is 3.36. The molecule has 0 atom stereocenters. The predicted octanol–water partition coefficient (Wildman–Crippen LogP) is 4.33. The molecule has 0 aliphatic heterocycles. The number of aliphatic carboxylic acids is 1. The highest BCUT2D eigenvalue weighted by Crippen LogP contribution is 2.44. The molecule has 35 heavy (non-hydrogen) atoms. The van der Waals surface area contributed by atoms with Crippen LogP contribution in [0.3, 0.4) is 0 Å². The third kappa shape index (κ3) is 5.91. The van der Waals surface area contributed by atoms with E-state index in [2.05, 4.69) is 27.1 Å². The second-order valence-electron chi connectivity index (χ2n) is 9.31. The highest BCUT2D eigenvalue weighted by atomic mass is 16.5. The number of rotatable bonds is 6. The molecule has 0 radical (unpaired) electrons. The van der Waals surface area contributed by atoms with E-state index in [1.165, 1.54) is 19.8 Å². The molecule has 0 unspecified atom stereocenters. The van der Waals surface area contributed by atoms with Crippen LogP contribution in [0.15, 0.2) is 30.6 Å². The zero-order valence-corrected chi connectivity index (χ0v) is 20.2. The van der Waals surface area contributed by atoms with Crippen LogP contribution in [-0.4, -0.2) is 40.2 Å². The quantitative estimate of drug-likeness (QED) is 0.596. The van der Waals surface area contributed by atoms with Crippen molar-refractivity contribution in [2.75, 3.05) is 12.4 Å². The van der Waals surface area contributed by atoms with Crippen molar-refractivity contribution in [3.05, 3.63) is 41.7 Å². The molecule has 8 nitrogen and oxygen atoms in total. The minimum absolute atomic E-state index is 0.184. The number of carbonyl (C=O) groups excluding carboxylic acids is 1. The lowest BCUT2D eigenvalue weighted by atomic mass is 9.67. The molecule has 0 saturated heterocycles. The van der Waals surface area contributed by atoms with Crippen LogP contribution in [0.4, 0.5) is 5.95 Å². The molecule has 1 amide bonds. The lowest BCUT2D eigenvalue weighted by Gasteiger charge is -2.36. The Balaban J connectivity index is 1.66. The number of hydrogen-bond donors (Lipinski definition) is 2. The number of carboxylic acids is 1. The van der Waals surface area contributed by atoms with Crippen LogP contribution in [0.1, 0.15) is 69.4 Å². The zero-order chi connectivity index (χ0) is 24.8. The molecule has 2 fully saturated rings. The molecule has 2 aromatic rings. The van der Waals surface area contributed by atoms with Crippen LogP contribution in [0, 0.1) is 17.8 Å². The van der Waals surface area contributed by atoms with Gasteiger partial charge in [0.15, 0.2) is 11.5 Å². The molecule has 0 spiro atoms. The van der Waals surface area contributed by atoms with Crippen LogP contribution in [0.25, 0.3) is 0 Å². The number of nitrogens with zero attached hydrogens (tertiary/aromatic N) is 2. The second kappa shape index (κ2) is 10.8. The summed E-state index contributed by atoms with van der Waals surface area (Å²) in [6.45, 7) is 1.40. The normalized spacial score (nSPS) is 22.1. The average molecular weight is 478 g/mol. The number of hydrogen-bond acceptors (Lipinski definition) is 6. The van der Waals surface area contributed by atoms with Crippen LogP contribution >= 0.6 is 0 Å². The highest BCUT2D eigenvalue weighted by Gasteiger charge is 2.38. The largest absolute Gasteiger partial charge is 0.493 e. The standard InChI is InChI=1S/C27H31N3O5/c1-18(31)30-26-28-16-19(17-29-26)9-12-27(13-10-20(11-14-27)25(32)33)21-7-8-23(34-2)24(15-21)35-22-5-3-4-6-22/h7-8,15-17,20,22H,3-6,10-11,13-14H2,1-2H3,(H,32,33)(H,28,29,30,31). The summed E-state index contributed by atoms with van der Waals surface area (Å²) in [5.41, 5.74) is 1.09. The summed E-state index contributed by atoms with van der Waals surface area (Å²) in [6.07, 6.45) is 10.1. The van der Waals surface area contributed by atoms with Crippen LogP contribution in [0.2, 0.25) is 0 Å². The van der Waals surface area contributed by atoms with Gasteiger partial charge in [0.05, 0.1) is 30.1 Å². The molecule has 2 N–H and O–H groups in total. The van der Waals surface area contributed by atoms with Crippen LogP contribution in [-0.2, 0) is 15.0 Å². The third-order valence-corrected chi connectivity index (χ3v) is 6.89. The predicted molar refractivity (Wildman–Crippen MR) is 130 cm³/mol. The van der Waals surface area contributed by atoms with Gasteiger partial charge in [0, 0.05) is 19.3 Å². The van der Waals surface area contributed by atoms with Crippen LogP contribution in [0.5, 0.6) is 11.5 Å².